The van der Waals surface area contributed by atoms with Crippen LogP contribution in [0.3, 0.4) is 0 Å². The van der Waals surface area contributed by atoms with Crippen molar-refractivity contribution < 1.29 is 24.5 Å². The van der Waals surface area contributed by atoms with E-state index in [2.05, 4.69) is 0 Å². The maximum atomic E-state index is 10.9. The Kier molecular flexibility index (Phi) is 3.42. The largest absolute Gasteiger partial charge is 0.480 e. The molecule has 1 heterocycles. The summed E-state index contributed by atoms with van der Waals surface area (Å²) in [6, 6.07) is -0.996. The van der Waals surface area contributed by atoms with E-state index in [1.54, 1.807) is 0 Å². The third kappa shape index (κ3) is 3.10. The number of carbonyl (C=O) groups is 2. The van der Waals surface area contributed by atoms with Crippen LogP contribution >= 0.6 is 0 Å². The van der Waals surface area contributed by atoms with Crippen molar-refractivity contribution in [2.45, 2.75) is 44.9 Å². The summed E-state index contributed by atoms with van der Waals surface area (Å²) in [5, 5.41) is 17.7. The van der Waals surface area contributed by atoms with Gasteiger partial charge in [0.15, 0.2) is 0 Å². The molecule has 0 spiro atoms. The van der Waals surface area contributed by atoms with Crippen molar-refractivity contribution in [1.29, 1.82) is 0 Å². The summed E-state index contributed by atoms with van der Waals surface area (Å²) >= 11 is 0. The smallest absolute Gasteiger partial charge is 0.408 e. The first-order valence-electron chi connectivity index (χ1n) is 5.11. The van der Waals surface area contributed by atoms with E-state index in [4.69, 9.17) is 14.9 Å². The normalized spacial score (nSPS) is 25.8. The van der Waals surface area contributed by atoms with Crippen LogP contribution in [0.5, 0.6) is 0 Å². The van der Waals surface area contributed by atoms with Gasteiger partial charge in [-0.05, 0) is 20.8 Å². The molecule has 0 saturated carbocycles. The molecule has 0 unspecified atom stereocenters. The van der Waals surface area contributed by atoms with Crippen LogP contribution in [0.2, 0.25) is 0 Å². The molecule has 0 aromatic rings. The number of carboxylic acids is 1. The first-order valence-corrected chi connectivity index (χ1v) is 5.11. The monoisotopic (exact) mass is 231 g/mol. The molecule has 0 aromatic carbocycles. The zero-order valence-corrected chi connectivity index (χ0v) is 9.64. The van der Waals surface area contributed by atoms with Gasteiger partial charge in [-0.15, -0.1) is 0 Å². The van der Waals surface area contributed by atoms with Crippen LogP contribution in [0.4, 0.5) is 4.79 Å². The summed E-state index contributed by atoms with van der Waals surface area (Å²) in [7, 11) is 0. The van der Waals surface area contributed by atoms with Crippen molar-refractivity contribution in [3.05, 3.63) is 0 Å². The standard InChI is InChI=1S/C10H17NO5/c1-10(2,3)16-6-4-7(8(12)13)11(5-6)9(14)15/h6-7H,4-5H2,1-3H3,(H,12,13)(H,14,15)/t6-,7+/m1/s1. The van der Waals surface area contributed by atoms with E-state index in [0.717, 1.165) is 4.90 Å². The third-order valence-corrected chi connectivity index (χ3v) is 2.31. The molecule has 1 rings (SSSR count). The quantitative estimate of drug-likeness (QED) is 0.740. The van der Waals surface area contributed by atoms with Crippen LogP contribution in [-0.4, -0.2) is 51.5 Å². The third-order valence-electron chi connectivity index (χ3n) is 2.31. The lowest BCUT2D eigenvalue weighted by Gasteiger charge is -2.24. The lowest BCUT2D eigenvalue weighted by Crippen LogP contribution is -2.39. The molecule has 1 amide bonds. The summed E-state index contributed by atoms with van der Waals surface area (Å²) in [5.41, 5.74) is -0.401. The predicted octanol–water partition coefficient (Wildman–Crippen LogP) is 1.01. The molecule has 0 radical (unpaired) electrons. The second kappa shape index (κ2) is 4.29. The van der Waals surface area contributed by atoms with Crippen LogP contribution in [0, 0.1) is 0 Å². The Morgan fingerprint density at radius 2 is 1.88 bits per heavy atom. The topological polar surface area (TPSA) is 87.1 Å². The fourth-order valence-corrected chi connectivity index (χ4v) is 1.83. The highest BCUT2D eigenvalue weighted by Crippen LogP contribution is 2.24. The SMILES string of the molecule is CC(C)(C)O[C@@H]1C[C@@H](C(=O)O)N(C(=O)O)C1. The van der Waals surface area contributed by atoms with E-state index in [-0.39, 0.29) is 19.1 Å². The van der Waals surface area contributed by atoms with Crippen molar-refractivity contribution in [2.24, 2.45) is 0 Å². The van der Waals surface area contributed by atoms with E-state index in [9.17, 15) is 9.59 Å². The second-order valence-electron chi connectivity index (χ2n) is 4.88. The molecule has 2 atom stereocenters. The number of rotatable bonds is 2. The summed E-state index contributed by atoms with van der Waals surface area (Å²) < 4.78 is 5.59. The molecular formula is C10H17NO5. The molecule has 6 heteroatoms. The Morgan fingerprint density at radius 3 is 2.19 bits per heavy atom. The van der Waals surface area contributed by atoms with E-state index in [1.165, 1.54) is 0 Å². The molecule has 6 nitrogen and oxygen atoms in total. The Hall–Kier alpha value is -1.30. The Bertz CT molecular complexity index is 274. The molecule has 1 fully saturated rings. The van der Waals surface area contributed by atoms with Crippen molar-refractivity contribution in [1.82, 2.24) is 4.90 Å². The van der Waals surface area contributed by atoms with E-state index < -0.39 is 23.7 Å². The highest BCUT2D eigenvalue weighted by molar-refractivity contribution is 5.80. The number of ether oxygens (including phenoxy) is 1. The van der Waals surface area contributed by atoms with Crippen molar-refractivity contribution in [2.75, 3.05) is 6.54 Å². The number of carboxylic acid groups (broad SMARTS) is 2. The zero-order chi connectivity index (χ0) is 12.5. The molecular weight excluding hydrogens is 214 g/mol. The van der Waals surface area contributed by atoms with Gasteiger partial charge < -0.3 is 14.9 Å². The number of nitrogens with zero attached hydrogens (tertiary/aromatic N) is 1. The van der Waals surface area contributed by atoms with E-state index >= 15 is 0 Å². The molecule has 1 aliphatic rings. The molecule has 92 valence electrons. The fourth-order valence-electron chi connectivity index (χ4n) is 1.83. The van der Waals surface area contributed by atoms with Gasteiger partial charge in [0, 0.05) is 6.42 Å². The minimum atomic E-state index is -1.22. The Labute approximate surface area is 93.8 Å². The van der Waals surface area contributed by atoms with Crippen LogP contribution in [0.15, 0.2) is 0 Å². The highest BCUT2D eigenvalue weighted by Gasteiger charge is 2.41. The molecule has 1 saturated heterocycles. The predicted molar refractivity (Wildman–Crippen MR) is 55.4 cm³/mol. The van der Waals surface area contributed by atoms with Gasteiger partial charge in [0.05, 0.1) is 18.2 Å². The zero-order valence-electron chi connectivity index (χ0n) is 9.64. The van der Waals surface area contributed by atoms with E-state index in [0.29, 0.717) is 0 Å². The number of hydrogen-bond donors (Lipinski definition) is 2. The minimum absolute atomic E-state index is 0.115. The number of hydrogen-bond acceptors (Lipinski definition) is 3. The van der Waals surface area contributed by atoms with Crippen molar-refractivity contribution in [3.63, 3.8) is 0 Å². The molecule has 0 aliphatic carbocycles. The fraction of sp³-hybridized carbons (Fsp3) is 0.800. The maximum absolute atomic E-state index is 10.9. The number of aliphatic carboxylic acids is 1. The number of amides is 1. The van der Waals surface area contributed by atoms with Gasteiger partial charge in [0.25, 0.3) is 0 Å². The maximum Gasteiger partial charge on any atom is 0.408 e. The van der Waals surface area contributed by atoms with Crippen LogP contribution < -0.4 is 0 Å². The van der Waals surface area contributed by atoms with Gasteiger partial charge in [-0.25, -0.2) is 9.59 Å². The summed E-state index contributed by atoms with van der Waals surface area (Å²) in [5.74, 6) is -1.12. The van der Waals surface area contributed by atoms with Crippen molar-refractivity contribution in [3.8, 4) is 0 Å². The van der Waals surface area contributed by atoms with Gasteiger partial charge in [-0.2, -0.15) is 0 Å². The molecule has 16 heavy (non-hydrogen) atoms. The average Bonchev–Trinajstić information content (AvgIpc) is 2.44. The summed E-state index contributed by atoms with van der Waals surface area (Å²) in [6.07, 6.45) is -1.36. The first-order chi connectivity index (χ1) is 7.20. The first kappa shape index (κ1) is 12.8. The van der Waals surface area contributed by atoms with Gasteiger partial charge in [-0.1, -0.05) is 0 Å². The van der Waals surface area contributed by atoms with Crippen LogP contribution in [-0.2, 0) is 9.53 Å². The van der Waals surface area contributed by atoms with Crippen LogP contribution in [0.25, 0.3) is 0 Å². The molecule has 2 N–H and O–H groups in total. The van der Waals surface area contributed by atoms with Gasteiger partial charge in [0.1, 0.15) is 6.04 Å². The highest BCUT2D eigenvalue weighted by atomic mass is 16.5. The lowest BCUT2D eigenvalue weighted by atomic mass is 10.1. The number of likely N-dealkylation sites (tertiary alicyclic amines) is 1. The molecule has 0 bridgehead atoms. The van der Waals surface area contributed by atoms with Crippen molar-refractivity contribution >= 4 is 12.1 Å². The Balaban J connectivity index is 2.69. The molecule has 0 aromatic heterocycles. The summed E-state index contributed by atoms with van der Waals surface area (Å²) in [6.45, 7) is 5.67. The molecule has 1 aliphatic heterocycles. The van der Waals surface area contributed by atoms with Gasteiger partial charge in [-0.3, -0.25) is 4.90 Å². The van der Waals surface area contributed by atoms with E-state index in [1.807, 2.05) is 20.8 Å². The second-order valence-corrected chi connectivity index (χ2v) is 4.88. The lowest BCUT2D eigenvalue weighted by molar-refractivity contribution is -0.141. The van der Waals surface area contributed by atoms with Gasteiger partial charge >= 0.3 is 12.1 Å². The average molecular weight is 231 g/mol. The summed E-state index contributed by atoms with van der Waals surface area (Å²) in [4.78, 5) is 22.6. The van der Waals surface area contributed by atoms with Gasteiger partial charge in [0.2, 0.25) is 0 Å². The van der Waals surface area contributed by atoms with Crippen LogP contribution in [0.1, 0.15) is 27.2 Å². The Morgan fingerprint density at radius 1 is 1.31 bits per heavy atom. The minimum Gasteiger partial charge on any atom is -0.480 e.